The molecule has 1 heterocycles. The first-order chi connectivity index (χ1) is 13.2. The minimum Gasteiger partial charge on any atom is -0.272 e. The fraction of sp³-hybridized carbons (Fsp3) is 0. The van der Waals surface area contributed by atoms with Gasteiger partial charge in [0.15, 0.2) is 0 Å². The number of H-pyrrole nitrogens is 1. The van der Waals surface area contributed by atoms with Crippen LogP contribution in [0.5, 0.6) is 0 Å². The summed E-state index contributed by atoms with van der Waals surface area (Å²) in [5.74, 6) is -0.734. The van der Waals surface area contributed by atoms with Crippen molar-refractivity contribution in [1.82, 2.24) is 15.6 Å². The van der Waals surface area contributed by atoms with Gasteiger partial charge in [0.05, 0.1) is 11.9 Å². The predicted molar refractivity (Wildman–Crippen MR) is 103 cm³/mol. The Bertz CT molecular complexity index is 1130. The topological polar surface area (TPSA) is 70.1 Å². The second-order valence-corrected chi connectivity index (χ2v) is 5.94. The Morgan fingerprint density at radius 2 is 1.81 bits per heavy atom. The number of nitrogens with one attached hydrogen (secondary N) is 2. The van der Waals surface area contributed by atoms with Crippen molar-refractivity contribution in [2.24, 2.45) is 5.10 Å². The predicted octanol–water partition coefficient (Wildman–Crippen LogP) is 4.13. The summed E-state index contributed by atoms with van der Waals surface area (Å²) < 4.78 is 13.0. The Hall–Kier alpha value is -3.80. The number of carbonyl (C=O) groups excluding carboxylic acids is 1. The molecule has 0 aliphatic carbocycles. The van der Waals surface area contributed by atoms with Gasteiger partial charge in [-0.2, -0.15) is 10.2 Å². The zero-order valence-corrected chi connectivity index (χ0v) is 14.2. The van der Waals surface area contributed by atoms with E-state index in [1.54, 1.807) is 24.4 Å². The summed E-state index contributed by atoms with van der Waals surface area (Å²) in [5.41, 5.74) is 4.93. The number of benzene rings is 3. The van der Waals surface area contributed by atoms with Crippen molar-refractivity contribution in [2.75, 3.05) is 0 Å². The fourth-order valence-electron chi connectivity index (χ4n) is 2.79. The average molecular weight is 358 g/mol. The number of aromatic nitrogens is 2. The average Bonchev–Trinajstić information content (AvgIpc) is 3.19. The van der Waals surface area contributed by atoms with E-state index in [0.29, 0.717) is 11.3 Å². The summed E-state index contributed by atoms with van der Waals surface area (Å²) in [5, 5.41) is 12.9. The molecule has 0 unspecified atom stereocenters. The highest BCUT2D eigenvalue weighted by Crippen LogP contribution is 2.18. The third-order valence-electron chi connectivity index (χ3n) is 4.16. The fourth-order valence-corrected chi connectivity index (χ4v) is 2.79. The maximum absolute atomic E-state index is 13.0. The Labute approximate surface area is 154 Å². The number of hydrogen-bond acceptors (Lipinski definition) is 3. The van der Waals surface area contributed by atoms with Crippen LogP contribution in [0.2, 0.25) is 0 Å². The number of rotatable bonds is 4. The highest BCUT2D eigenvalue weighted by Gasteiger charge is 2.10. The first kappa shape index (κ1) is 16.7. The zero-order valence-electron chi connectivity index (χ0n) is 14.2. The van der Waals surface area contributed by atoms with E-state index in [-0.39, 0.29) is 11.5 Å². The van der Waals surface area contributed by atoms with Crippen molar-refractivity contribution in [2.45, 2.75) is 0 Å². The van der Waals surface area contributed by atoms with Crippen molar-refractivity contribution in [3.05, 3.63) is 89.9 Å². The van der Waals surface area contributed by atoms with Crippen LogP contribution in [0, 0.1) is 5.82 Å². The zero-order chi connectivity index (χ0) is 18.6. The molecule has 27 heavy (non-hydrogen) atoms. The third-order valence-corrected chi connectivity index (χ3v) is 4.16. The van der Waals surface area contributed by atoms with E-state index in [1.165, 1.54) is 12.1 Å². The van der Waals surface area contributed by atoms with Gasteiger partial charge in [0.25, 0.3) is 5.91 Å². The second kappa shape index (κ2) is 7.21. The van der Waals surface area contributed by atoms with E-state index in [0.717, 1.165) is 16.3 Å². The number of hydrogen-bond donors (Lipinski definition) is 2. The molecule has 0 atom stereocenters. The molecule has 6 heteroatoms. The Morgan fingerprint density at radius 1 is 1.04 bits per heavy atom. The lowest BCUT2D eigenvalue weighted by atomic mass is 10.1. The Balaban J connectivity index is 1.48. The third kappa shape index (κ3) is 3.59. The van der Waals surface area contributed by atoms with Gasteiger partial charge in [0.1, 0.15) is 11.5 Å². The van der Waals surface area contributed by atoms with Gasteiger partial charge >= 0.3 is 0 Å². The van der Waals surface area contributed by atoms with E-state index in [2.05, 4.69) is 20.7 Å². The van der Waals surface area contributed by atoms with Crippen molar-refractivity contribution in [1.29, 1.82) is 0 Å². The molecule has 1 amide bonds. The van der Waals surface area contributed by atoms with Crippen LogP contribution in [-0.4, -0.2) is 22.3 Å². The van der Waals surface area contributed by atoms with Crippen LogP contribution in [0.3, 0.4) is 0 Å². The highest BCUT2D eigenvalue weighted by atomic mass is 19.1. The summed E-state index contributed by atoms with van der Waals surface area (Å²) in [6, 6.07) is 21.3. The number of hydrazone groups is 1. The molecule has 4 rings (SSSR count). The van der Waals surface area contributed by atoms with E-state index in [1.807, 2.05) is 42.5 Å². The van der Waals surface area contributed by atoms with Crippen molar-refractivity contribution < 1.29 is 9.18 Å². The minimum absolute atomic E-state index is 0.268. The number of carbonyl (C=O) groups is 1. The molecular formula is C21H15FN4O. The van der Waals surface area contributed by atoms with Gasteiger partial charge in [-0.05, 0) is 41.1 Å². The van der Waals surface area contributed by atoms with E-state index >= 15 is 0 Å². The summed E-state index contributed by atoms with van der Waals surface area (Å²) in [7, 11) is 0. The normalized spacial score (nSPS) is 11.1. The molecule has 0 bridgehead atoms. The molecule has 0 aliphatic heterocycles. The molecule has 3 aromatic carbocycles. The lowest BCUT2D eigenvalue weighted by molar-refractivity contribution is 0.0950. The molecule has 0 aliphatic rings. The van der Waals surface area contributed by atoms with E-state index in [4.69, 9.17) is 0 Å². The molecule has 132 valence electrons. The second-order valence-electron chi connectivity index (χ2n) is 5.94. The van der Waals surface area contributed by atoms with Crippen molar-refractivity contribution in [3.8, 4) is 11.3 Å². The van der Waals surface area contributed by atoms with Crippen LogP contribution in [0.1, 0.15) is 16.1 Å². The first-order valence-corrected chi connectivity index (χ1v) is 8.33. The molecule has 2 N–H and O–H groups in total. The molecule has 0 saturated heterocycles. The lowest BCUT2D eigenvalue weighted by Crippen LogP contribution is -2.18. The largest absolute Gasteiger partial charge is 0.289 e. The number of halogens is 1. The molecule has 0 spiro atoms. The molecule has 0 radical (unpaired) electrons. The minimum atomic E-state index is -0.410. The smallest absolute Gasteiger partial charge is 0.272 e. The van der Waals surface area contributed by atoms with Crippen LogP contribution < -0.4 is 5.43 Å². The van der Waals surface area contributed by atoms with Crippen LogP contribution in [-0.2, 0) is 0 Å². The summed E-state index contributed by atoms with van der Waals surface area (Å²) in [6.07, 6.45) is 1.61. The van der Waals surface area contributed by atoms with Crippen LogP contribution >= 0.6 is 0 Å². The maximum Gasteiger partial charge on any atom is 0.289 e. The molecular weight excluding hydrogens is 343 g/mol. The number of nitrogens with zero attached hydrogens (tertiary/aromatic N) is 2. The van der Waals surface area contributed by atoms with Crippen LogP contribution in [0.25, 0.3) is 22.0 Å². The summed E-state index contributed by atoms with van der Waals surface area (Å²) in [4.78, 5) is 12.2. The van der Waals surface area contributed by atoms with Gasteiger partial charge in [-0.15, -0.1) is 0 Å². The first-order valence-electron chi connectivity index (χ1n) is 8.33. The standard InChI is InChI=1S/C21H15FN4O/c22-17-10-8-15(9-11-17)19-12-20(25-24-19)21(27)26-23-13-16-6-3-5-14-4-1-2-7-18(14)16/h1-13H,(H,24,25)(H,26,27)/b23-13+. The van der Waals surface area contributed by atoms with Gasteiger partial charge < -0.3 is 0 Å². The molecule has 4 aromatic rings. The van der Waals surface area contributed by atoms with Crippen LogP contribution in [0.4, 0.5) is 4.39 Å². The quantitative estimate of drug-likeness (QED) is 0.425. The number of aromatic amines is 1. The maximum atomic E-state index is 13.0. The lowest BCUT2D eigenvalue weighted by Gasteiger charge is -2.01. The van der Waals surface area contributed by atoms with E-state index in [9.17, 15) is 9.18 Å². The van der Waals surface area contributed by atoms with Crippen molar-refractivity contribution >= 4 is 22.9 Å². The molecule has 5 nitrogen and oxygen atoms in total. The Morgan fingerprint density at radius 3 is 2.67 bits per heavy atom. The monoisotopic (exact) mass is 358 g/mol. The summed E-state index contributed by atoms with van der Waals surface area (Å²) in [6.45, 7) is 0. The van der Waals surface area contributed by atoms with Gasteiger partial charge in [-0.3, -0.25) is 9.89 Å². The molecule has 0 saturated carbocycles. The SMILES string of the molecule is O=C(N/N=C/c1cccc2ccccc12)c1cc(-c2ccc(F)cc2)n[nH]1. The van der Waals surface area contributed by atoms with Crippen molar-refractivity contribution in [3.63, 3.8) is 0 Å². The van der Waals surface area contributed by atoms with Gasteiger partial charge in [-0.25, -0.2) is 9.82 Å². The van der Waals surface area contributed by atoms with Gasteiger partial charge in [0.2, 0.25) is 0 Å². The van der Waals surface area contributed by atoms with Gasteiger partial charge in [0, 0.05) is 11.1 Å². The van der Waals surface area contributed by atoms with E-state index < -0.39 is 5.91 Å². The number of amides is 1. The highest BCUT2D eigenvalue weighted by molar-refractivity contribution is 6.00. The molecule has 0 fully saturated rings. The number of fused-ring (bicyclic) bond motifs is 1. The van der Waals surface area contributed by atoms with Gasteiger partial charge in [-0.1, -0.05) is 42.5 Å². The van der Waals surface area contributed by atoms with Crippen LogP contribution in [0.15, 0.2) is 77.9 Å². The summed E-state index contributed by atoms with van der Waals surface area (Å²) >= 11 is 0. The Kier molecular flexibility index (Phi) is 4.45. The molecule has 1 aromatic heterocycles.